The minimum atomic E-state index is 0.218. The predicted molar refractivity (Wildman–Crippen MR) is 74.2 cm³/mol. The summed E-state index contributed by atoms with van der Waals surface area (Å²) in [5.41, 5.74) is 0. The molecule has 0 N–H and O–H groups in total. The summed E-state index contributed by atoms with van der Waals surface area (Å²) in [5.74, 6) is 0. The Morgan fingerprint density at radius 1 is 1.00 bits per heavy atom. The second-order valence-corrected chi connectivity index (χ2v) is 4.75. The molecular formula is C15H31O2. The maximum absolute atomic E-state index is 5.58. The molecular weight excluding hydrogens is 212 g/mol. The quantitative estimate of drug-likeness (QED) is 0.447. The van der Waals surface area contributed by atoms with Crippen LogP contribution < -0.4 is 0 Å². The van der Waals surface area contributed by atoms with Gasteiger partial charge in [-0.3, -0.25) is 0 Å². The molecule has 0 aromatic rings. The Morgan fingerprint density at radius 3 is 2.29 bits per heavy atom. The lowest BCUT2D eigenvalue weighted by molar-refractivity contribution is 0.000485. The van der Waals surface area contributed by atoms with E-state index in [2.05, 4.69) is 13.8 Å². The Labute approximate surface area is 108 Å². The Hall–Kier alpha value is -0.0800. The molecule has 0 saturated carbocycles. The van der Waals surface area contributed by atoms with Gasteiger partial charge in [-0.05, 0) is 19.8 Å². The van der Waals surface area contributed by atoms with Crippen LogP contribution in [0.15, 0.2) is 0 Å². The van der Waals surface area contributed by atoms with Gasteiger partial charge in [-0.1, -0.05) is 52.4 Å². The van der Waals surface area contributed by atoms with Gasteiger partial charge in [0, 0.05) is 13.2 Å². The van der Waals surface area contributed by atoms with Gasteiger partial charge in [0.2, 0.25) is 0 Å². The van der Waals surface area contributed by atoms with Crippen LogP contribution in [0, 0.1) is 6.42 Å². The monoisotopic (exact) mass is 243 g/mol. The molecule has 0 amide bonds. The minimum Gasteiger partial charge on any atom is -0.379 e. The summed E-state index contributed by atoms with van der Waals surface area (Å²) in [7, 11) is 0. The van der Waals surface area contributed by atoms with Gasteiger partial charge in [0.25, 0.3) is 0 Å². The Kier molecular flexibility index (Phi) is 13.9. The normalized spacial score (nSPS) is 12.9. The third kappa shape index (κ3) is 13.9. The molecule has 103 valence electrons. The molecule has 0 aliphatic rings. The van der Waals surface area contributed by atoms with E-state index in [1.54, 1.807) is 0 Å². The summed E-state index contributed by atoms with van der Waals surface area (Å²) in [5, 5.41) is 0. The molecule has 0 saturated heterocycles. The number of hydrogen-bond acceptors (Lipinski definition) is 2. The van der Waals surface area contributed by atoms with Gasteiger partial charge in [0.05, 0.1) is 12.7 Å². The van der Waals surface area contributed by atoms with Crippen LogP contribution in [0.4, 0.5) is 0 Å². The van der Waals surface area contributed by atoms with Gasteiger partial charge in [-0.15, -0.1) is 0 Å². The maximum atomic E-state index is 5.58. The summed E-state index contributed by atoms with van der Waals surface area (Å²) in [6, 6.07) is 0. The van der Waals surface area contributed by atoms with Crippen molar-refractivity contribution < 1.29 is 9.47 Å². The zero-order chi connectivity index (χ0) is 12.8. The van der Waals surface area contributed by atoms with Crippen molar-refractivity contribution in [1.29, 1.82) is 0 Å². The highest BCUT2D eigenvalue weighted by Gasteiger charge is 2.00. The molecule has 0 heterocycles. The second-order valence-electron chi connectivity index (χ2n) is 4.75. The lowest BCUT2D eigenvalue weighted by Gasteiger charge is -2.12. The van der Waals surface area contributed by atoms with E-state index in [0.717, 1.165) is 19.8 Å². The first kappa shape index (κ1) is 16.9. The van der Waals surface area contributed by atoms with E-state index in [4.69, 9.17) is 9.47 Å². The number of ether oxygens (including phenoxy) is 2. The first-order chi connectivity index (χ1) is 8.31. The smallest absolute Gasteiger partial charge is 0.0780 e. The standard InChI is InChI=1S/C15H31O2/c1-4-6-7-8-9-10-11-13-16-14-15(3)17-12-5-2/h5,15H,4,6-14H2,1-3H3. The van der Waals surface area contributed by atoms with E-state index in [-0.39, 0.29) is 6.10 Å². The zero-order valence-corrected chi connectivity index (χ0v) is 12.0. The van der Waals surface area contributed by atoms with Crippen molar-refractivity contribution in [2.45, 2.75) is 71.8 Å². The Bertz CT molecular complexity index is 137. The van der Waals surface area contributed by atoms with Gasteiger partial charge in [-0.25, -0.2) is 0 Å². The van der Waals surface area contributed by atoms with Crippen LogP contribution in [0.1, 0.15) is 65.7 Å². The van der Waals surface area contributed by atoms with Crippen LogP contribution in [-0.2, 0) is 9.47 Å². The van der Waals surface area contributed by atoms with Crippen molar-refractivity contribution >= 4 is 0 Å². The number of hydrogen-bond donors (Lipinski definition) is 0. The number of unbranched alkanes of at least 4 members (excludes halogenated alkanes) is 6. The van der Waals surface area contributed by atoms with Crippen LogP contribution in [-0.4, -0.2) is 25.9 Å². The average Bonchev–Trinajstić information content (AvgIpc) is 2.34. The van der Waals surface area contributed by atoms with E-state index < -0.39 is 0 Å². The van der Waals surface area contributed by atoms with Crippen LogP contribution in [0.5, 0.6) is 0 Å². The molecule has 0 aromatic heterocycles. The highest BCUT2D eigenvalue weighted by atomic mass is 16.5. The lowest BCUT2D eigenvalue weighted by Crippen LogP contribution is -2.17. The largest absolute Gasteiger partial charge is 0.379 e. The van der Waals surface area contributed by atoms with E-state index in [9.17, 15) is 0 Å². The molecule has 1 radical (unpaired) electrons. The molecule has 2 heteroatoms. The van der Waals surface area contributed by atoms with Crippen molar-refractivity contribution in [3.8, 4) is 0 Å². The summed E-state index contributed by atoms with van der Waals surface area (Å²) in [4.78, 5) is 0. The molecule has 0 bridgehead atoms. The third-order valence-corrected chi connectivity index (χ3v) is 2.79. The second kappa shape index (κ2) is 14.0. The highest BCUT2D eigenvalue weighted by molar-refractivity contribution is 4.55. The lowest BCUT2D eigenvalue weighted by atomic mass is 10.1. The van der Waals surface area contributed by atoms with Gasteiger partial charge in [0.15, 0.2) is 0 Å². The van der Waals surface area contributed by atoms with E-state index in [1.165, 1.54) is 44.9 Å². The summed E-state index contributed by atoms with van der Waals surface area (Å²) < 4.78 is 11.1. The van der Waals surface area contributed by atoms with E-state index in [1.807, 2.05) is 13.3 Å². The van der Waals surface area contributed by atoms with Crippen molar-refractivity contribution in [3.05, 3.63) is 6.42 Å². The van der Waals surface area contributed by atoms with Crippen molar-refractivity contribution in [2.24, 2.45) is 0 Å². The van der Waals surface area contributed by atoms with Gasteiger partial charge in [0.1, 0.15) is 0 Å². The van der Waals surface area contributed by atoms with Crippen LogP contribution in [0.3, 0.4) is 0 Å². The van der Waals surface area contributed by atoms with Gasteiger partial charge >= 0.3 is 0 Å². The molecule has 0 aliphatic carbocycles. The summed E-state index contributed by atoms with van der Waals surface area (Å²) in [6.07, 6.45) is 11.6. The molecule has 2 nitrogen and oxygen atoms in total. The molecule has 0 aromatic carbocycles. The fourth-order valence-corrected chi connectivity index (χ4v) is 1.72. The van der Waals surface area contributed by atoms with Crippen molar-refractivity contribution in [2.75, 3.05) is 19.8 Å². The minimum absolute atomic E-state index is 0.218. The number of rotatable bonds is 13. The average molecular weight is 243 g/mol. The molecule has 0 fully saturated rings. The van der Waals surface area contributed by atoms with Gasteiger partial charge < -0.3 is 9.47 Å². The first-order valence-corrected chi connectivity index (χ1v) is 7.28. The topological polar surface area (TPSA) is 18.5 Å². The molecule has 1 unspecified atom stereocenters. The van der Waals surface area contributed by atoms with E-state index >= 15 is 0 Å². The molecule has 0 spiro atoms. The Morgan fingerprint density at radius 2 is 1.65 bits per heavy atom. The predicted octanol–water partition coefficient (Wildman–Crippen LogP) is 4.38. The third-order valence-electron chi connectivity index (χ3n) is 2.79. The fourth-order valence-electron chi connectivity index (χ4n) is 1.72. The fraction of sp³-hybridized carbons (Fsp3) is 0.933. The Balaban J connectivity index is 3.02. The first-order valence-electron chi connectivity index (χ1n) is 7.28. The maximum Gasteiger partial charge on any atom is 0.0780 e. The molecule has 0 rings (SSSR count). The SMILES string of the molecule is C[CH]COC(C)COCCCCCCCCC. The van der Waals surface area contributed by atoms with Crippen molar-refractivity contribution in [3.63, 3.8) is 0 Å². The summed E-state index contributed by atoms with van der Waals surface area (Å²) >= 11 is 0. The van der Waals surface area contributed by atoms with Crippen molar-refractivity contribution in [1.82, 2.24) is 0 Å². The molecule has 1 atom stereocenters. The van der Waals surface area contributed by atoms with E-state index in [0.29, 0.717) is 0 Å². The molecule has 17 heavy (non-hydrogen) atoms. The van der Waals surface area contributed by atoms with Gasteiger partial charge in [-0.2, -0.15) is 0 Å². The van der Waals surface area contributed by atoms with Crippen LogP contribution in [0.2, 0.25) is 0 Å². The summed E-state index contributed by atoms with van der Waals surface area (Å²) in [6.45, 7) is 8.66. The highest BCUT2D eigenvalue weighted by Crippen LogP contribution is 2.07. The van der Waals surface area contributed by atoms with Crippen LogP contribution >= 0.6 is 0 Å². The zero-order valence-electron chi connectivity index (χ0n) is 12.0. The van der Waals surface area contributed by atoms with Crippen LogP contribution in [0.25, 0.3) is 0 Å². The molecule has 0 aliphatic heterocycles.